The minimum atomic E-state index is -0.348. The van der Waals surface area contributed by atoms with E-state index in [0.717, 1.165) is 6.08 Å². The van der Waals surface area contributed by atoms with Gasteiger partial charge in [0.05, 0.1) is 11.6 Å². The van der Waals surface area contributed by atoms with Crippen molar-refractivity contribution in [3.05, 3.63) is 47.7 Å². The van der Waals surface area contributed by atoms with Gasteiger partial charge in [-0.15, -0.1) is 6.26 Å². The van der Waals surface area contributed by atoms with Gasteiger partial charge in [-0.2, -0.15) is 5.26 Å². The zero-order chi connectivity index (χ0) is 9.68. The molecule has 0 radical (unpaired) electrons. The zero-order valence-corrected chi connectivity index (χ0v) is 9.73. The van der Waals surface area contributed by atoms with E-state index in [1.165, 1.54) is 24.3 Å². The van der Waals surface area contributed by atoms with E-state index in [0.29, 0.717) is 17.4 Å². The molecule has 0 N–H and O–H groups in total. The van der Waals surface area contributed by atoms with Crippen LogP contribution >= 0.6 is 0 Å². The molecule has 0 fully saturated rings. The van der Waals surface area contributed by atoms with Gasteiger partial charge in [-0.25, -0.2) is 0 Å². The van der Waals surface area contributed by atoms with Crippen LogP contribution in [-0.4, -0.2) is 5.78 Å². The predicted octanol–water partition coefficient (Wildman–Crippen LogP) is -2.38. The molecule has 14 heavy (non-hydrogen) atoms. The fourth-order valence-corrected chi connectivity index (χ4v) is 0.867. The van der Waals surface area contributed by atoms with Crippen LogP contribution in [0.2, 0.25) is 0 Å². The van der Waals surface area contributed by atoms with Crippen LogP contribution in [0.1, 0.15) is 15.9 Å². The molecule has 0 saturated carbocycles. The van der Waals surface area contributed by atoms with E-state index in [-0.39, 0.29) is 35.3 Å². The number of rotatable bonds is 2. The molecule has 0 aliphatic rings. The van der Waals surface area contributed by atoms with Crippen LogP contribution < -0.4 is 34.7 Å². The van der Waals surface area contributed by atoms with E-state index >= 15 is 0 Å². The Balaban J connectivity index is 0.00000169. The van der Waals surface area contributed by atoms with Gasteiger partial charge in [-0.1, -0.05) is 0 Å². The second kappa shape index (κ2) is 6.39. The van der Waals surface area contributed by atoms with Gasteiger partial charge in [-0.3, -0.25) is 4.79 Å². The smallest absolute Gasteiger partial charge is 0.878 e. The van der Waals surface area contributed by atoms with Gasteiger partial charge in [0.2, 0.25) is 0 Å². The quantitative estimate of drug-likeness (QED) is 0.229. The number of benzene rings is 1. The molecule has 0 unspecified atom stereocenters. The Bertz CT molecular complexity index is 376. The van der Waals surface area contributed by atoms with Crippen molar-refractivity contribution in [1.82, 2.24) is 0 Å². The summed E-state index contributed by atoms with van der Waals surface area (Å²) >= 11 is 0. The minimum absolute atomic E-state index is 0. The predicted molar refractivity (Wildman–Crippen MR) is 44.6 cm³/mol. The second-order valence-electron chi connectivity index (χ2n) is 2.36. The van der Waals surface area contributed by atoms with E-state index in [1.807, 2.05) is 6.07 Å². The fourth-order valence-electron chi connectivity index (χ4n) is 0.867. The van der Waals surface area contributed by atoms with Crippen molar-refractivity contribution in [2.45, 2.75) is 0 Å². The number of ketones is 1. The van der Waals surface area contributed by atoms with E-state index < -0.39 is 0 Å². The molecule has 1 rings (SSSR count). The number of allylic oxidation sites excluding steroid dienone is 1. The van der Waals surface area contributed by atoms with Crippen molar-refractivity contribution < 1.29 is 39.5 Å². The number of carbonyl (C=O) groups excluding carboxylic acids is 1. The minimum Gasteiger partial charge on any atom is -0.878 e. The van der Waals surface area contributed by atoms with Gasteiger partial charge in [0.25, 0.3) is 0 Å². The Labute approximate surface area is 104 Å². The van der Waals surface area contributed by atoms with E-state index in [4.69, 9.17) is 5.26 Å². The standard InChI is InChI=1S/C10H7NO2.Na/c11-7-8-1-3-9(4-2-8)10(13)5-6-12;/h1-6,12H;/q;+1/p-1. The molecular formula is C10H6NNaO2. The van der Waals surface area contributed by atoms with Crippen molar-refractivity contribution in [2.24, 2.45) is 0 Å². The Morgan fingerprint density at radius 3 is 2.36 bits per heavy atom. The first-order valence-electron chi connectivity index (χ1n) is 3.61. The summed E-state index contributed by atoms with van der Waals surface area (Å²) < 4.78 is 0. The van der Waals surface area contributed by atoms with Gasteiger partial charge < -0.3 is 5.11 Å². The monoisotopic (exact) mass is 195 g/mol. The molecule has 1 aromatic carbocycles. The summed E-state index contributed by atoms with van der Waals surface area (Å²) in [6, 6.07) is 8.03. The summed E-state index contributed by atoms with van der Waals surface area (Å²) in [6.07, 6.45) is 1.39. The van der Waals surface area contributed by atoms with Gasteiger partial charge in [0.1, 0.15) is 0 Å². The fraction of sp³-hybridized carbons (Fsp3) is 0. The average Bonchev–Trinajstić information content (AvgIpc) is 2.18. The molecular weight excluding hydrogens is 189 g/mol. The van der Waals surface area contributed by atoms with Crippen molar-refractivity contribution in [3.8, 4) is 6.07 Å². The number of hydrogen-bond acceptors (Lipinski definition) is 3. The molecule has 0 aliphatic carbocycles. The summed E-state index contributed by atoms with van der Waals surface area (Å²) in [7, 11) is 0. The summed E-state index contributed by atoms with van der Waals surface area (Å²) in [6.45, 7) is 0. The molecule has 4 heteroatoms. The van der Waals surface area contributed by atoms with Gasteiger partial charge >= 0.3 is 29.6 Å². The summed E-state index contributed by atoms with van der Waals surface area (Å²) in [5, 5.41) is 18.5. The first-order chi connectivity index (χ1) is 6.27. The molecule has 0 atom stereocenters. The largest absolute Gasteiger partial charge is 1.00 e. The third-order valence-corrected chi connectivity index (χ3v) is 1.52. The third kappa shape index (κ3) is 3.35. The molecule has 1 aromatic rings. The van der Waals surface area contributed by atoms with Crippen LogP contribution in [0.3, 0.4) is 0 Å². The maximum absolute atomic E-state index is 11.1. The SMILES string of the molecule is N#Cc1ccc(C(=O)C=C[O-])cc1.[Na+]. The molecule has 0 bridgehead atoms. The molecule has 3 nitrogen and oxygen atoms in total. The first kappa shape index (κ1) is 12.9. The number of carbonyl (C=O) groups is 1. The summed E-state index contributed by atoms with van der Waals surface area (Å²) in [5.41, 5.74) is 0.897. The van der Waals surface area contributed by atoms with Crippen molar-refractivity contribution in [2.75, 3.05) is 0 Å². The number of hydrogen-bond donors (Lipinski definition) is 0. The molecule has 0 aliphatic heterocycles. The Hall–Kier alpha value is -1.08. The van der Waals surface area contributed by atoms with Crippen molar-refractivity contribution >= 4 is 5.78 Å². The maximum Gasteiger partial charge on any atom is 1.00 e. The second-order valence-corrected chi connectivity index (χ2v) is 2.36. The van der Waals surface area contributed by atoms with Crippen LogP contribution in [0, 0.1) is 11.3 Å². The van der Waals surface area contributed by atoms with Crippen LogP contribution in [0.25, 0.3) is 0 Å². The molecule has 0 aromatic heterocycles. The van der Waals surface area contributed by atoms with Gasteiger partial charge in [0, 0.05) is 5.56 Å². The first-order valence-corrected chi connectivity index (χ1v) is 3.61. The summed E-state index contributed by atoms with van der Waals surface area (Å²) in [4.78, 5) is 11.1. The van der Waals surface area contributed by atoms with Gasteiger partial charge in [-0.05, 0) is 30.3 Å². The van der Waals surface area contributed by atoms with Crippen LogP contribution in [0.4, 0.5) is 0 Å². The summed E-state index contributed by atoms with van der Waals surface area (Å²) in [5.74, 6) is -0.348. The molecule has 0 heterocycles. The number of nitrogens with zero attached hydrogens (tertiary/aromatic N) is 1. The van der Waals surface area contributed by atoms with Crippen LogP contribution in [0.15, 0.2) is 36.6 Å². The van der Waals surface area contributed by atoms with E-state index in [9.17, 15) is 9.90 Å². The zero-order valence-electron chi connectivity index (χ0n) is 7.73. The van der Waals surface area contributed by atoms with Crippen molar-refractivity contribution in [1.29, 1.82) is 5.26 Å². The van der Waals surface area contributed by atoms with E-state index in [1.54, 1.807) is 0 Å². The number of nitriles is 1. The topological polar surface area (TPSA) is 63.9 Å². The third-order valence-electron chi connectivity index (χ3n) is 1.52. The van der Waals surface area contributed by atoms with Crippen LogP contribution in [0.5, 0.6) is 0 Å². The van der Waals surface area contributed by atoms with Crippen molar-refractivity contribution in [3.63, 3.8) is 0 Å². The Kier molecular flexibility index (Phi) is 5.89. The van der Waals surface area contributed by atoms with Crippen LogP contribution in [-0.2, 0) is 0 Å². The molecule has 0 amide bonds. The Morgan fingerprint density at radius 1 is 1.36 bits per heavy atom. The van der Waals surface area contributed by atoms with Gasteiger partial charge in [0.15, 0.2) is 5.78 Å². The molecule has 0 saturated heterocycles. The normalized spacial score (nSPS) is 9.07. The molecule has 64 valence electrons. The maximum atomic E-state index is 11.1. The Morgan fingerprint density at radius 2 is 1.93 bits per heavy atom. The molecule has 0 spiro atoms. The average molecular weight is 195 g/mol. The van der Waals surface area contributed by atoms with E-state index in [2.05, 4.69) is 0 Å².